The normalized spacial score (nSPS) is 20.0. The van der Waals surface area contributed by atoms with Crippen molar-refractivity contribution in [2.24, 2.45) is 18.2 Å². The molecular formula is C22H23Cl2N5O. The predicted molar refractivity (Wildman–Crippen MR) is 120 cm³/mol. The number of pyridine rings is 1. The number of halogens is 2. The monoisotopic (exact) mass is 443 g/mol. The molecule has 2 N–H and O–H groups in total. The van der Waals surface area contributed by atoms with Gasteiger partial charge in [-0.3, -0.25) is 14.0 Å². The lowest BCUT2D eigenvalue weighted by molar-refractivity contribution is 0.170. The summed E-state index contributed by atoms with van der Waals surface area (Å²) in [5, 5.41) is 5.25. The van der Waals surface area contributed by atoms with Gasteiger partial charge in [-0.25, -0.2) is 0 Å². The third-order valence-corrected chi connectivity index (χ3v) is 7.61. The second kappa shape index (κ2) is 7.15. The van der Waals surface area contributed by atoms with Crippen molar-refractivity contribution < 1.29 is 0 Å². The van der Waals surface area contributed by atoms with E-state index < -0.39 is 0 Å². The minimum atomic E-state index is -0.0883. The highest BCUT2D eigenvalue weighted by molar-refractivity contribution is 6.43. The molecule has 8 heteroatoms. The molecule has 6 nitrogen and oxygen atoms in total. The molecule has 1 atom stereocenters. The molecule has 4 heterocycles. The van der Waals surface area contributed by atoms with E-state index in [1.807, 2.05) is 35.1 Å². The van der Waals surface area contributed by atoms with Crippen molar-refractivity contribution in [3.05, 3.63) is 68.7 Å². The highest BCUT2D eigenvalue weighted by Crippen LogP contribution is 2.48. The van der Waals surface area contributed by atoms with Gasteiger partial charge in [-0.15, -0.1) is 0 Å². The molecule has 156 valence electrons. The topological polar surface area (TPSA) is 69.1 Å². The Morgan fingerprint density at radius 2 is 1.87 bits per heavy atom. The summed E-state index contributed by atoms with van der Waals surface area (Å²) in [4.78, 5) is 15.4. The minimum Gasteiger partial charge on any atom is -0.358 e. The summed E-state index contributed by atoms with van der Waals surface area (Å²) in [6.07, 6.45) is 3.75. The molecule has 30 heavy (non-hydrogen) atoms. The van der Waals surface area contributed by atoms with E-state index in [0.29, 0.717) is 21.2 Å². The van der Waals surface area contributed by atoms with Crippen LogP contribution >= 0.6 is 23.2 Å². The molecule has 1 spiro atoms. The van der Waals surface area contributed by atoms with Gasteiger partial charge < -0.3 is 10.6 Å². The summed E-state index contributed by atoms with van der Waals surface area (Å²) in [5.74, 6) is 0.904. The van der Waals surface area contributed by atoms with Crippen molar-refractivity contribution in [1.29, 1.82) is 0 Å². The zero-order valence-electron chi connectivity index (χ0n) is 16.7. The number of benzene rings is 1. The quantitative estimate of drug-likeness (QED) is 0.652. The second-order valence-electron chi connectivity index (χ2n) is 8.31. The van der Waals surface area contributed by atoms with Crippen molar-refractivity contribution >= 4 is 29.0 Å². The van der Waals surface area contributed by atoms with Crippen LogP contribution < -0.4 is 16.2 Å². The zero-order valence-corrected chi connectivity index (χ0v) is 18.2. The number of anilines is 1. The van der Waals surface area contributed by atoms with Gasteiger partial charge in [0.1, 0.15) is 5.82 Å². The van der Waals surface area contributed by atoms with E-state index in [1.165, 1.54) is 0 Å². The molecule has 1 saturated heterocycles. The maximum absolute atomic E-state index is 13.1. The summed E-state index contributed by atoms with van der Waals surface area (Å²) in [6, 6.07) is 11.2. The van der Waals surface area contributed by atoms with Gasteiger partial charge in [0.25, 0.3) is 5.56 Å². The zero-order chi connectivity index (χ0) is 21.0. The Balaban J connectivity index is 1.40. The summed E-state index contributed by atoms with van der Waals surface area (Å²) in [6.45, 7) is 2.57. The Labute approximate surface area is 184 Å². The minimum absolute atomic E-state index is 0.0123. The van der Waals surface area contributed by atoms with Crippen LogP contribution in [-0.4, -0.2) is 27.4 Å². The SMILES string of the molecule is Cn1c(N2CCC3(CC2)Cn2nccc2C3N)ccc(-c2cccc(Cl)c2Cl)c1=O. The molecular weight excluding hydrogens is 421 g/mol. The van der Waals surface area contributed by atoms with Crippen LogP contribution in [0.5, 0.6) is 0 Å². The van der Waals surface area contributed by atoms with Gasteiger partial charge in [0.2, 0.25) is 0 Å². The number of piperidine rings is 1. The van der Waals surface area contributed by atoms with E-state index in [9.17, 15) is 4.79 Å². The molecule has 0 bridgehead atoms. The van der Waals surface area contributed by atoms with Crippen LogP contribution in [0.15, 0.2) is 47.4 Å². The third kappa shape index (κ3) is 2.89. The van der Waals surface area contributed by atoms with E-state index in [2.05, 4.69) is 10.00 Å². The Morgan fingerprint density at radius 1 is 1.10 bits per heavy atom. The number of nitrogens with two attached hydrogens (primary N) is 1. The maximum atomic E-state index is 13.1. The van der Waals surface area contributed by atoms with Crippen LogP contribution in [0.2, 0.25) is 10.0 Å². The predicted octanol–water partition coefficient (Wildman–Crippen LogP) is 3.86. The summed E-state index contributed by atoms with van der Waals surface area (Å²) < 4.78 is 3.74. The Kier molecular flexibility index (Phi) is 4.69. The molecule has 3 aromatic rings. The molecule has 0 saturated carbocycles. The van der Waals surface area contributed by atoms with E-state index in [-0.39, 0.29) is 17.0 Å². The number of fused-ring (bicyclic) bond motifs is 1. The average Bonchev–Trinajstić information content (AvgIpc) is 3.29. The van der Waals surface area contributed by atoms with Crippen molar-refractivity contribution in [2.45, 2.75) is 25.4 Å². The van der Waals surface area contributed by atoms with Gasteiger partial charge in [-0.1, -0.05) is 35.3 Å². The smallest absolute Gasteiger partial charge is 0.259 e. The second-order valence-corrected chi connectivity index (χ2v) is 9.10. The number of aromatic nitrogens is 3. The first-order valence-electron chi connectivity index (χ1n) is 10.1. The molecule has 2 aliphatic heterocycles. The van der Waals surface area contributed by atoms with Gasteiger partial charge in [0.05, 0.1) is 21.8 Å². The number of rotatable bonds is 2. The molecule has 0 radical (unpaired) electrons. The molecule has 1 aromatic carbocycles. The Hall–Kier alpha value is -2.28. The first-order chi connectivity index (χ1) is 14.4. The lowest BCUT2D eigenvalue weighted by Gasteiger charge is -2.42. The number of hydrogen-bond acceptors (Lipinski definition) is 4. The van der Waals surface area contributed by atoms with E-state index in [1.54, 1.807) is 23.7 Å². The van der Waals surface area contributed by atoms with Gasteiger partial charge in [0.15, 0.2) is 0 Å². The summed E-state index contributed by atoms with van der Waals surface area (Å²) in [5.41, 5.74) is 8.88. The Bertz CT molecular complexity index is 1180. The fourth-order valence-corrected chi connectivity index (χ4v) is 5.36. The molecule has 0 amide bonds. The Morgan fingerprint density at radius 3 is 2.60 bits per heavy atom. The molecule has 1 unspecified atom stereocenters. The van der Waals surface area contributed by atoms with E-state index in [0.717, 1.165) is 44.0 Å². The molecule has 2 aliphatic rings. The number of nitrogens with zero attached hydrogens (tertiary/aromatic N) is 4. The van der Waals surface area contributed by atoms with Crippen LogP contribution in [0.1, 0.15) is 24.6 Å². The fraction of sp³-hybridized carbons (Fsp3) is 0.364. The first kappa shape index (κ1) is 19.7. The lowest BCUT2D eigenvalue weighted by Crippen LogP contribution is -2.45. The lowest BCUT2D eigenvalue weighted by atomic mass is 9.73. The maximum Gasteiger partial charge on any atom is 0.259 e. The molecule has 2 aromatic heterocycles. The van der Waals surface area contributed by atoms with Gasteiger partial charge >= 0.3 is 0 Å². The van der Waals surface area contributed by atoms with Crippen molar-refractivity contribution in [3.8, 4) is 11.1 Å². The summed E-state index contributed by atoms with van der Waals surface area (Å²) in [7, 11) is 1.81. The molecule has 5 rings (SSSR count). The van der Waals surface area contributed by atoms with Crippen LogP contribution in [0, 0.1) is 5.41 Å². The number of hydrogen-bond donors (Lipinski definition) is 1. The van der Waals surface area contributed by atoms with Crippen LogP contribution in [0.4, 0.5) is 5.82 Å². The van der Waals surface area contributed by atoms with Gasteiger partial charge in [-0.05, 0) is 37.1 Å². The van der Waals surface area contributed by atoms with Gasteiger partial charge in [-0.2, -0.15) is 5.10 Å². The van der Waals surface area contributed by atoms with Crippen LogP contribution in [-0.2, 0) is 13.6 Å². The molecule has 0 aliphatic carbocycles. The van der Waals surface area contributed by atoms with Crippen LogP contribution in [0.3, 0.4) is 0 Å². The summed E-state index contributed by atoms with van der Waals surface area (Å²) >= 11 is 12.5. The largest absolute Gasteiger partial charge is 0.358 e. The van der Waals surface area contributed by atoms with E-state index >= 15 is 0 Å². The third-order valence-electron chi connectivity index (χ3n) is 6.80. The van der Waals surface area contributed by atoms with Crippen LogP contribution in [0.25, 0.3) is 11.1 Å². The van der Waals surface area contributed by atoms with E-state index in [4.69, 9.17) is 28.9 Å². The average molecular weight is 444 g/mol. The van der Waals surface area contributed by atoms with Crippen molar-refractivity contribution in [2.75, 3.05) is 18.0 Å². The standard InChI is InChI=1S/C22H23Cl2N5O/c1-27-18(6-5-15(21(27)30)14-3-2-4-16(23)19(14)24)28-11-8-22(9-12-28)13-29-17(20(22)25)7-10-26-29/h2-7,10,20H,8-9,11-13,25H2,1H3. The first-order valence-corrected chi connectivity index (χ1v) is 10.8. The van der Waals surface area contributed by atoms with Crippen molar-refractivity contribution in [3.63, 3.8) is 0 Å². The van der Waals surface area contributed by atoms with Crippen molar-refractivity contribution in [1.82, 2.24) is 14.3 Å². The fourth-order valence-electron chi connectivity index (χ4n) is 4.96. The van der Waals surface area contributed by atoms with Gasteiger partial charge in [0, 0.05) is 49.4 Å². The highest BCUT2D eigenvalue weighted by atomic mass is 35.5. The highest BCUT2D eigenvalue weighted by Gasteiger charge is 2.47. The molecule has 1 fully saturated rings.